The standard InChI is InChI=1S/C57H109NO10/c1-3-5-7-9-11-13-15-17-18-19-20-21-22-23-24-25-26-27-28-29-30-31-33-35-37-39-41-43-45-50(61)56(66)58-48(47-67-57-55(65)54(64)53(63)51(46-59)68-57)52(62)49(60)44-42-40-38-36-34-32-16-14-12-10-8-6-4-2/h20-21,23-24,48-55,57,59-65H,3-19,22,25-47H2,1-2H3,(H,58,66)/b21-20-,24-23-. The Morgan fingerprint density at radius 1 is 0.515 bits per heavy atom. The number of aliphatic hydroxyl groups is 7. The lowest BCUT2D eigenvalue weighted by Gasteiger charge is -2.40. The first kappa shape index (κ1) is 64.6. The number of hydrogen-bond donors (Lipinski definition) is 8. The maximum absolute atomic E-state index is 13.2. The molecule has 68 heavy (non-hydrogen) atoms. The topological polar surface area (TPSA) is 189 Å². The molecule has 11 nitrogen and oxygen atoms in total. The van der Waals surface area contributed by atoms with E-state index in [1.165, 1.54) is 180 Å². The van der Waals surface area contributed by atoms with Gasteiger partial charge in [0, 0.05) is 0 Å². The van der Waals surface area contributed by atoms with Gasteiger partial charge in [-0.1, -0.05) is 244 Å². The molecule has 0 bridgehead atoms. The van der Waals surface area contributed by atoms with Crippen LogP contribution in [-0.4, -0.2) is 110 Å². The van der Waals surface area contributed by atoms with Crippen molar-refractivity contribution in [2.24, 2.45) is 0 Å². The van der Waals surface area contributed by atoms with Crippen molar-refractivity contribution in [1.29, 1.82) is 0 Å². The van der Waals surface area contributed by atoms with E-state index in [4.69, 9.17) is 9.47 Å². The molecular formula is C57H109NO10. The molecule has 1 aliphatic rings. The molecule has 9 unspecified atom stereocenters. The third kappa shape index (κ3) is 34.8. The number of carbonyl (C=O) groups is 1. The van der Waals surface area contributed by atoms with E-state index in [0.717, 1.165) is 44.9 Å². The highest BCUT2D eigenvalue weighted by atomic mass is 16.7. The summed E-state index contributed by atoms with van der Waals surface area (Å²) in [5.74, 6) is -0.696. The second kappa shape index (κ2) is 46.6. The number of hydrogen-bond acceptors (Lipinski definition) is 10. The minimum atomic E-state index is -1.66. The largest absolute Gasteiger partial charge is 0.394 e. The van der Waals surface area contributed by atoms with Gasteiger partial charge in [-0.2, -0.15) is 0 Å². The fourth-order valence-electron chi connectivity index (χ4n) is 9.30. The van der Waals surface area contributed by atoms with Crippen LogP contribution in [0.5, 0.6) is 0 Å². The number of allylic oxidation sites excluding steroid dienone is 4. The van der Waals surface area contributed by atoms with Crippen LogP contribution >= 0.6 is 0 Å². The Labute approximate surface area is 416 Å². The minimum Gasteiger partial charge on any atom is -0.394 e. The molecule has 1 fully saturated rings. The van der Waals surface area contributed by atoms with Crippen LogP contribution < -0.4 is 5.32 Å². The van der Waals surface area contributed by atoms with Crippen molar-refractivity contribution in [2.75, 3.05) is 13.2 Å². The van der Waals surface area contributed by atoms with Crippen LogP contribution in [0.25, 0.3) is 0 Å². The smallest absolute Gasteiger partial charge is 0.249 e. The Morgan fingerprint density at radius 2 is 0.897 bits per heavy atom. The summed E-state index contributed by atoms with van der Waals surface area (Å²) in [4.78, 5) is 13.2. The van der Waals surface area contributed by atoms with Crippen molar-refractivity contribution >= 4 is 5.91 Å². The molecule has 1 aliphatic heterocycles. The molecule has 9 atom stereocenters. The van der Waals surface area contributed by atoms with Crippen LogP contribution in [-0.2, 0) is 14.3 Å². The lowest BCUT2D eigenvalue weighted by molar-refractivity contribution is -0.303. The molecular weight excluding hydrogens is 859 g/mol. The van der Waals surface area contributed by atoms with Crippen LogP contribution in [0.4, 0.5) is 0 Å². The van der Waals surface area contributed by atoms with Gasteiger partial charge in [0.05, 0.1) is 25.4 Å². The van der Waals surface area contributed by atoms with Crippen molar-refractivity contribution in [2.45, 2.75) is 319 Å². The van der Waals surface area contributed by atoms with Gasteiger partial charge in [-0.05, 0) is 44.9 Å². The van der Waals surface area contributed by atoms with Crippen molar-refractivity contribution in [1.82, 2.24) is 5.32 Å². The molecule has 402 valence electrons. The van der Waals surface area contributed by atoms with E-state index in [9.17, 15) is 40.5 Å². The summed E-state index contributed by atoms with van der Waals surface area (Å²) in [7, 11) is 0. The monoisotopic (exact) mass is 968 g/mol. The van der Waals surface area contributed by atoms with E-state index >= 15 is 0 Å². The highest BCUT2D eigenvalue weighted by molar-refractivity contribution is 5.80. The molecule has 0 saturated carbocycles. The highest BCUT2D eigenvalue weighted by Gasteiger charge is 2.44. The molecule has 11 heteroatoms. The quantitative estimate of drug-likeness (QED) is 0.0215. The summed E-state index contributed by atoms with van der Waals surface area (Å²) in [6.07, 6.45) is 43.8. The molecule has 0 spiro atoms. The number of rotatable bonds is 49. The van der Waals surface area contributed by atoms with Gasteiger partial charge in [-0.25, -0.2) is 0 Å². The summed E-state index contributed by atoms with van der Waals surface area (Å²) in [5.41, 5.74) is 0. The van der Waals surface area contributed by atoms with Crippen LogP contribution in [0.15, 0.2) is 24.3 Å². The van der Waals surface area contributed by atoms with E-state index < -0.39 is 74.2 Å². The van der Waals surface area contributed by atoms with Gasteiger partial charge in [0.2, 0.25) is 5.91 Å². The second-order valence-electron chi connectivity index (χ2n) is 20.4. The first-order valence-electron chi connectivity index (χ1n) is 28.7. The lowest BCUT2D eigenvalue weighted by Crippen LogP contribution is -2.60. The van der Waals surface area contributed by atoms with Crippen molar-refractivity contribution < 1.29 is 50.0 Å². The number of amides is 1. The zero-order chi connectivity index (χ0) is 49.7. The highest BCUT2D eigenvalue weighted by Crippen LogP contribution is 2.23. The Bertz CT molecular complexity index is 1160. The van der Waals surface area contributed by atoms with Crippen LogP contribution in [0, 0.1) is 0 Å². The Hall–Kier alpha value is -1.41. The van der Waals surface area contributed by atoms with Crippen molar-refractivity contribution in [3.8, 4) is 0 Å². The van der Waals surface area contributed by atoms with Crippen molar-refractivity contribution in [3.63, 3.8) is 0 Å². The van der Waals surface area contributed by atoms with Gasteiger partial charge < -0.3 is 50.5 Å². The van der Waals surface area contributed by atoms with Gasteiger partial charge >= 0.3 is 0 Å². The summed E-state index contributed by atoms with van der Waals surface area (Å²) in [6.45, 7) is 3.46. The van der Waals surface area contributed by atoms with Gasteiger partial charge in [0.1, 0.15) is 36.6 Å². The maximum atomic E-state index is 13.2. The number of nitrogens with one attached hydrogen (secondary N) is 1. The summed E-state index contributed by atoms with van der Waals surface area (Å²) in [5, 5.41) is 76.0. The normalized spacial score (nSPS) is 20.6. The fourth-order valence-corrected chi connectivity index (χ4v) is 9.30. The predicted molar refractivity (Wildman–Crippen MR) is 279 cm³/mol. The summed E-state index contributed by atoms with van der Waals surface area (Å²) >= 11 is 0. The molecule has 1 heterocycles. The third-order valence-electron chi connectivity index (χ3n) is 14.0. The third-order valence-corrected chi connectivity index (χ3v) is 14.0. The Kier molecular flexibility index (Phi) is 44.3. The zero-order valence-corrected chi connectivity index (χ0v) is 43.9. The number of unbranched alkanes of at least 4 members (excludes halogenated alkanes) is 33. The first-order chi connectivity index (χ1) is 33.2. The lowest BCUT2D eigenvalue weighted by atomic mass is 9.98. The minimum absolute atomic E-state index is 0.260. The predicted octanol–water partition coefficient (Wildman–Crippen LogP) is 11.7. The zero-order valence-electron chi connectivity index (χ0n) is 43.9. The molecule has 8 N–H and O–H groups in total. The van der Waals surface area contributed by atoms with Crippen LogP contribution in [0.3, 0.4) is 0 Å². The molecule has 0 aromatic carbocycles. The van der Waals surface area contributed by atoms with Gasteiger partial charge in [-0.15, -0.1) is 0 Å². The number of aliphatic hydroxyl groups excluding tert-OH is 7. The van der Waals surface area contributed by atoms with Gasteiger partial charge in [0.15, 0.2) is 6.29 Å². The van der Waals surface area contributed by atoms with E-state index in [2.05, 4.69) is 43.5 Å². The second-order valence-corrected chi connectivity index (χ2v) is 20.4. The fraction of sp³-hybridized carbons (Fsp3) is 0.912. The van der Waals surface area contributed by atoms with E-state index in [0.29, 0.717) is 19.3 Å². The van der Waals surface area contributed by atoms with Crippen LogP contribution in [0.1, 0.15) is 264 Å². The Morgan fingerprint density at radius 3 is 1.31 bits per heavy atom. The molecule has 1 saturated heterocycles. The SMILES string of the molecule is CCCCCCCCCCC/C=C\C/C=C\CCCCCCCCCCCCCCC(O)C(=O)NC(COC1OC(CO)C(O)C(O)C1O)C(O)C(O)CCCCCCCCCCCCCCC. The molecule has 1 amide bonds. The average Bonchev–Trinajstić information content (AvgIpc) is 3.34. The van der Waals surface area contributed by atoms with E-state index in [-0.39, 0.29) is 6.42 Å². The molecule has 0 aliphatic carbocycles. The summed E-state index contributed by atoms with van der Waals surface area (Å²) in [6, 6.07) is -1.17. The van der Waals surface area contributed by atoms with Gasteiger partial charge in [0.25, 0.3) is 0 Å². The number of ether oxygens (including phenoxy) is 2. The molecule has 0 aromatic heterocycles. The average molecular weight is 968 g/mol. The summed E-state index contributed by atoms with van der Waals surface area (Å²) < 4.78 is 11.1. The molecule has 0 aromatic rings. The first-order valence-corrected chi connectivity index (χ1v) is 28.7. The Balaban J connectivity index is 2.25. The molecule has 0 radical (unpaired) electrons. The molecule has 1 rings (SSSR count). The van der Waals surface area contributed by atoms with Crippen molar-refractivity contribution in [3.05, 3.63) is 24.3 Å². The van der Waals surface area contributed by atoms with Gasteiger partial charge in [-0.3, -0.25) is 4.79 Å². The van der Waals surface area contributed by atoms with E-state index in [1.54, 1.807) is 0 Å². The maximum Gasteiger partial charge on any atom is 0.249 e. The number of carbonyl (C=O) groups excluding carboxylic acids is 1. The van der Waals surface area contributed by atoms with E-state index in [1.807, 2.05) is 0 Å². The van der Waals surface area contributed by atoms with Crippen LogP contribution in [0.2, 0.25) is 0 Å².